The van der Waals surface area contributed by atoms with E-state index in [9.17, 15) is 4.79 Å². The highest BCUT2D eigenvalue weighted by molar-refractivity contribution is 6.33. The van der Waals surface area contributed by atoms with Crippen LogP contribution in [-0.4, -0.2) is 21.3 Å². The molecule has 0 atom stereocenters. The molecule has 5 heteroatoms. The zero-order chi connectivity index (χ0) is 16.5. The molecule has 0 aliphatic heterocycles. The van der Waals surface area contributed by atoms with E-state index < -0.39 is 0 Å². The number of hydrogen-bond acceptors (Lipinski definition) is 3. The van der Waals surface area contributed by atoms with Crippen molar-refractivity contribution in [3.8, 4) is 16.8 Å². The maximum atomic E-state index is 11.1. The molecule has 1 heterocycles. The van der Waals surface area contributed by atoms with Gasteiger partial charge in [0, 0.05) is 21.7 Å². The summed E-state index contributed by atoms with van der Waals surface area (Å²) < 4.78 is 0. The number of nitrogens with zero attached hydrogens (tertiary/aromatic N) is 3. The number of aldehydes is 1. The Balaban J connectivity index is 1.94. The van der Waals surface area contributed by atoms with Crippen molar-refractivity contribution in [3.05, 3.63) is 77.3 Å². The number of aromatic nitrogens is 3. The maximum Gasteiger partial charge on any atom is 0.150 e. The Labute approximate surface area is 143 Å². The second-order valence-corrected chi connectivity index (χ2v) is 5.76. The highest BCUT2D eigenvalue weighted by Gasteiger charge is 2.13. The van der Waals surface area contributed by atoms with E-state index in [0.717, 1.165) is 34.1 Å². The molecular formula is C19H12ClN3O. The summed E-state index contributed by atoms with van der Waals surface area (Å²) in [5, 5.41) is 9.72. The van der Waals surface area contributed by atoms with E-state index in [1.54, 1.807) is 23.0 Å². The molecular weight excluding hydrogens is 322 g/mol. The highest BCUT2D eigenvalue weighted by Crippen LogP contribution is 2.33. The molecule has 0 spiro atoms. The lowest BCUT2D eigenvalue weighted by Gasteiger charge is -2.05. The molecule has 3 aromatic carbocycles. The third kappa shape index (κ3) is 2.47. The van der Waals surface area contributed by atoms with Gasteiger partial charge in [0.1, 0.15) is 17.3 Å². The van der Waals surface area contributed by atoms with E-state index in [-0.39, 0.29) is 0 Å². The van der Waals surface area contributed by atoms with Gasteiger partial charge in [0.2, 0.25) is 0 Å². The fourth-order valence-electron chi connectivity index (χ4n) is 2.65. The third-order valence-electron chi connectivity index (χ3n) is 3.82. The number of halogens is 1. The van der Waals surface area contributed by atoms with Crippen LogP contribution in [0, 0.1) is 0 Å². The van der Waals surface area contributed by atoms with Gasteiger partial charge in [0.15, 0.2) is 0 Å². The minimum Gasteiger partial charge on any atom is -0.298 e. The van der Waals surface area contributed by atoms with Crippen molar-refractivity contribution in [3.63, 3.8) is 0 Å². The van der Waals surface area contributed by atoms with E-state index in [1.165, 1.54) is 0 Å². The summed E-state index contributed by atoms with van der Waals surface area (Å²) in [7, 11) is 0. The van der Waals surface area contributed by atoms with Gasteiger partial charge in [-0.3, -0.25) is 4.79 Å². The standard InChI is InChI=1S/C19H12ClN3O/c20-17-10-9-13(12-24)11-16(17)15-7-4-8-18-19(15)22-23(21-18)14-5-2-1-3-6-14/h1-12H. The van der Waals surface area contributed by atoms with E-state index >= 15 is 0 Å². The number of benzene rings is 3. The molecule has 0 radical (unpaired) electrons. The molecule has 0 aliphatic rings. The minimum atomic E-state index is 0.571. The zero-order valence-electron chi connectivity index (χ0n) is 12.6. The second-order valence-electron chi connectivity index (χ2n) is 5.36. The molecule has 4 nitrogen and oxygen atoms in total. The molecule has 1 aromatic heterocycles. The Bertz CT molecular complexity index is 1040. The van der Waals surface area contributed by atoms with E-state index in [0.29, 0.717) is 10.6 Å². The molecule has 0 bridgehead atoms. The fraction of sp³-hybridized carbons (Fsp3) is 0. The largest absolute Gasteiger partial charge is 0.298 e. The topological polar surface area (TPSA) is 47.8 Å². The summed E-state index contributed by atoms with van der Waals surface area (Å²) in [6, 6.07) is 20.6. The van der Waals surface area contributed by atoms with Crippen LogP contribution in [0.1, 0.15) is 10.4 Å². The average molecular weight is 334 g/mol. The van der Waals surface area contributed by atoms with Crippen molar-refractivity contribution in [1.82, 2.24) is 15.0 Å². The van der Waals surface area contributed by atoms with Crippen LogP contribution < -0.4 is 0 Å². The lowest BCUT2D eigenvalue weighted by atomic mass is 10.0. The summed E-state index contributed by atoms with van der Waals surface area (Å²) in [5.41, 5.74) is 4.58. The number of carbonyl (C=O) groups is 1. The monoisotopic (exact) mass is 333 g/mol. The summed E-state index contributed by atoms with van der Waals surface area (Å²) >= 11 is 6.34. The second kappa shape index (κ2) is 5.91. The van der Waals surface area contributed by atoms with Gasteiger partial charge in [0.05, 0.1) is 5.69 Å². The first-order valence-corrected chi connectivity index (χ1v) is 7.80. The molecule has 0 amide bonds. The molecule has 4 rings (SSSR count). The molecule has 0 unspecified atom stereocenters. The number of carbonyl (C=O) groups excluding carboxylic acids is 1. The fourth-order valence-corrected chi connectivity index (χ4v) is 2.87. The van der Waals surface area contributed by atoms with Crippen molar-refractivity contribution in [1.29, 1.82) is 0 Å². The van der Waals surface area contributed by atoms with Crippen LogP contribution in [0.25, 0.3) is 27.8 Å². The summed E-state index contributed by atoms with van der Waals surface area (Å²) in [6.45, 7) is 0. The quantitative estimate of drug-likeness (QED) is 0.517. The van der Waals surface area contributed by atoms with Crippen LogP contribution in [0.15, 0.2) is 66.7 Å². The maximum absolute atomic E-state index is 11.1. The lowest BCUT2D eigenvalue weighted by molar-refractivity contribution is 0.112. The van der Waals surface area contributed by atoms with Crippen LogP contribution in [0.2, 0.25) is 5.02 Å². The highest BCUT2D eigenvalue weighted by atomic mass is 35.5. The molecule has 116 valence electrons. The van der Waals surface area contributed by atoms with Crippen molar-refractivity contribution in [2.75, 3.05) is 0 Å². The summed E-state index contributed by atoms with van der Waals surface area (Å²) in [5.74, 6) is 0. The molecule has 0 saturated carbocycles. The first-order valence-electron chi connectivity index (χ1n) is 7.43. The Hall–Kier alpha value is -2.98. The van der Waals surface area contributed by atoms with Crippen LogP contribution in [0.4, 0.5) is 0 Å². The molecule has 24 heavy (non-hydrogen) atoms. The van der Waals surface area contributed by atoms with Gasteiger partial charge >= 0.3 is 0 Å². The first kappa shape index (κ1) is 14.6. The smallest absolute Gasteiger partial charge is 0.150 e. The molecule has 4 aromatic rings. The van der Waals surface area contributed by atoms with Gasteiger partial charge in [-0.25, -0.2) is 0 Å². The van der Waals surface area contributed by atoms with Crippen LogP contribution in [0.3, 0.4) is 0 Å². The summed E-state index contributed by atoms with van der Waals surface area (Å²) in [4.78, 5) is 12.7. The minimum absolute atomic E-state index is 0.571. The number of fused-ring (bicyclic) bond motifs is 1. The Morgan fingerprint density at radius 2 is 1.71 bits per heavy atom. The van der Waals surface area contributed by atoms with Crippen molar-refractivity contribution in [2.24, 2.45) is 0 Å². The number of hydrogen-bond donors (Lipinski definition) is 0. The first-order chi connectivity index (χ1) is 11.8. The van der Waals surface area contributed by atoms with Crippen LogP contribution >= 0.6 is 11.6 Å². The summed E-state index contributed by atoms with van der Waals surface area (Å²) in [6.07, 6.45) is 0.806. The van der Waals surface area contributed by atoms with Crippen molar-refractivity contribution < 1.29 is 4.79 Å². The van der Waals surface area contributed by atoms with Crippen LogP contribution in [-0.2, 0) is 0 Å². The Morgan fingerprint density at radius 3 is 2.50 bits per heavy atom. The number of para-hydroxylation sites is 1. The normalized spacial score (nSPS) is 10.9. The SMILES string of the molecule is O=Cc1ccc(Cl)c(-c2cccc3nn(-c4ccccc4)nc23)c1. The zero-order valence-corrected chi connectivity index (χ0v) is 13.3. The van der Waals surface area contributed by atoms with Gasteiger partial charge in [0.25, 0.3) is 0 Å². The van der Waals surface area contributed by atoms with Crippen molar-refractivity contribution in [2.45, 2.75) is 0 Å². The molecule has 0 N–H and O–H groups in total. The molecule has 0 fully saturated rings. The Morgan fingerprint density at radius 1 is 0.875 bits per heavy atom. The lowest BCUT2D eigenvalue weighted by Crippen LogP contribution is -1.97. The van der Waals surface area contributed by atoms with Gasteiger partial charge in [-0.1, -0.05) is 48.0 Å². The predicted molar refractivity (Wildman–Crippen MR) is 94.7 cm³/mol. The van der Waals surface area contributed by atoms with Gasteiger partial charge in [-0.15, -0.1) is 10.2 Å². The van der Waals surface area contributed by atoms with Gasteiger partial charge < -0.3 is 0 Å². The van der Waals surface area contributed by atoms with E-state index in [4.69, 9.17) is 11.6 Å². The molecule has 0 saturated heterocycles. The van der Waals surface area contributed by atoms with Gasteiger partial charge in [-0.2, -0.15) is 4.80 Å². The average Bonchev–Trinajstić information content (AvgIpc) is 3.07. The van der Waals surface area contributed by atoms with Crippen molar-refractivity contribution >= 4 is 28.9 Å². The van der Waals surface area contributed by atoms with Gasteiger partial charge in [-0.05, 0) is 30.3 Å². The van der Waals surface area contributed by atoms with E-state index in [2.05, 4.69) is 10.2 Å². The van der Waals surface area contributed by atoms with Crippen LogP contribution in [0.5, 0.6) is 0 Å². The predicted octanol–water partition coefficient (Wildman–Crippen LogP) is 4.55. The molecule has 0 aliphatic carbocycles. The van der Waals surface area contributed by atoms with E-state index in [1.807, 2.05) is 48.5 Å². The number of rotatable bonds is 3. The Kier molecular flexibility index (Phi) is 3.59. The third-order valence-corrected chi connectivity index (χ3v) is 4.15.